The number of hydrogen-bond donors (Lipinski definition) is 1. The zero-order valence-electron chi connectivity index (χ0n) is 16.8. The second-order valence-corrected chi connectivity index (χ2v) is 8.04. The maximum atomic E-state index is 13.1. The smallest absolute Gasteiger partial charge is 0.309 e. The van der Waals surface area contributed by atoms with Gasteiger partial charge in [-0.1, -0.05) is 35.9 Å². The van der Waals surface area contributed by atoms with Crippen molar-refractivity contribution in [3.8, 4) is 0 Å². The zero-order valence-corrected chi connectivity index (χ0v) is 17.5. The Morgan fingerprint density at radius 3 is 2.65 bits per heavy atom. The molecule has 3 aromatic rings. The Balaban J connectivity index is 1.38. The van der Waals surface area contributed by atoms with E-state index in [1.54, 1.807) is 16.9 Å². The van der Waals surface area contributed by atoms with Crippen LogP contribution in [0.4, 0.5) is 19.0 Å². The van der Waals surface area contributed by atoms with Crippen LogP contribution in [0.5, 0.6) is 0 Å². The third-order valence-electron chi connectivity index (χ3n) is 5.22. The van der Waals surface area contributed by atoms with Gasteiger partial charge in [-0.15, -0.1) is 0 Å². The molecule has 164 valence electrons. The number of hydrogen-bond acceptors (Lipinski definition) is 3. The summed E-state index contributed by atoms with van der Waals surface area (Å²) in [5.41, 5.74) is 1.54. The van der Waals surface area contributed by atoms with Gasteiger partial charge in [-0.05, 0) is 30.9 Å². The summed E-state index contributed by atoms with van der Waals surface area (Å²) in [6, 6.07) is 9.63. The van der Waals surface area contributed by atoms with Crippen LogP contribution in [-0.4, -0.2) is 25.5 Å². The summed E-state index contributed by atoms with van der Waals surface area (Å²) in [6.07, 6.45) is -1.37. The minimum atomic E-state index is -4.63. The highest BCUT2D eigenvalue weighted by Gasteiger charge is 2.42. The Bertz CT molecular complexity index is 1100. The summed E-state index contributed by atoms with van der Waals surface area (Å²) < 4.78 is 42.4. The van der Waals surface area contributed by atoms with Crippen LogP contribution in [0.3, 0.4) is 0 Å². The number of nitrogens with one attached hydrogen (secondary N) is 1. The lowest BCUT2D eigenvalue weighted by atomic mass is 10.1. The van der Waals surface area contributed by atoms with Crippen LogP contribution in [-0.2, 0) is 24.1 Å². The molecule has 10 heteroatoms. The number of amides is 1. The molecule has 1 amide bonds. The molecule has 31 heavy (non-hydrogen) atoms. The van der Waals surface area contributed by atoms with Crippen LogP contribution >= 0.6 is 11.6 Å². The molecule has 1 aliphatic carbocycles. The molecule has 1 aliphatic rings. The van der Waals surface area contributed by atoms with Gasteiger partial charge in [0.15, 0.2) is 11.5 Å². The average Bonchev–Trinajstić information content (AvgIpc) is 3.34. The third kappa shape index (κ3) is 4.92. The normalized spacial score (nSPS) is 14.1. The minimum Gasteiger partial charge on any atom is -0.309 e. The van der Waals surface area contributed by atoms with E-state index in [1.165, 1.54) is 4.68 Å². The summed E-state index contributed by atoms with van der Waals surface area (Å²) >= 11 is 5.96. The number of carbonyl (C=O) groups is 1. The topological polar surface area (TPSA) is 64.7 Å². The van der Waals surface area contributed by atoms with E-state index in [-0.39, 0.29) is 29.8 Å². The summed E-state index contributed by atoms with van der Waals surface area (Å²) in [5, 5.41) is 10.3. The Morgan fingerprint density at radius 2 is 1.97 bits per heavy atom. The van der Waals surface area contributed by atoms with Crippen molar-refractivity contribution in [1.82, 2.24) is 19.6 Å². The van der Waals surface area contributed by atoms with Gasteiger partial charge in [0, 0.05) is 24.6 Å². The number of rotatable bonds is 7. The van der Waals surface area contributed by atoms with Gasteiger partial charge >= 0.3 is 6.18 Å². The number of aromatic nitrogens is 4. The van der Waals surface area contributed by atoms with Gasteiger partial charge in [0.25, 0.3) is 0 Å². The molecule has 4 rings (SSSR count). The summed E-state index contributed by atoms with van der Waals surface area (Å²) in [5.74, 6) is -0.00477. The minimum absolute atomic E-state index is 0.0113. The summed E-state index contributed by atoms with van der Waals surface area (Å²) in [7, 11) is 0. The van der Waals surface area contributed by atoms with Crippen molar-refractivity contribution in [3.05, 3.63) is 64.1 Å². The molecule has 0 bridgehead atoms. The van der Waals surface area contributed by atoms with Gasteiger partial charge in [0.2, 0.25) is 5.91 Å². The summed E-state index contributed by atoms with van der Waals surface area (Å²) in [4.78, 5) is 12.3. The molecule has 1 saturated carbocycles. The van der Waals surface area contributed by atoms with Crippen molar-refractivity contribution < 1.29 is 18.0 Å². The Labute approximate surface area is 182 Å². The highest BCUT2D eigenvalue weighted by atomic mass is 35.5. The van der Waals surface area contributed by atoms with Gasteiger partial charge in [-0.25, -0.2) is 0 Å². The van der Waals surface area contributed by atoms with Crippen molar-refractivity contribution in [3.63, 3.8) is 0 Å². The van der Waals surface area contributed by atoms with E-state index in [0.717, 1.165) is 24.0 Å². The third-order valence-corrected chi connectivity index (χ3v) is 5.59. The van der Waals surface area contributed by atoms with E-state index in [1.807, 2.05) is 31.2 Å². The molecule has 1 aromatic carbocycles. The lowest BCUT2D eigenvalue weighted by Crippen LogP contribution is -2.17. The number of aryl methyl sites for hydroxylation is 2. The van der Waals surface area contributed by atoms with E-state index in [2.05, 4.69) is 15.5 Å². The summed E-state index contributed by atoms with van der Waals surface area (Å²) in [6.45, 7) is 2.60. The average molecular weight is 452 g/mol. The molecule has 0 atom stereocenters. The quantitative estimate of drug-likeness (QED) is 0.549. The molecular weight excluding hydrogens is 431 g/mol. The fraction of sp³-hybridized carbons (Fsp3) is 0.381. The van der Waals surface area contributed by atoms with Crippen molar-refractivity contribution in [2.45, 2.75) is 51.4 Å². The number of nitrogens with zero attached hydrogens (tertiary/aromatic N) is 4. The first-order chi connectivity index (χ1) is 14.7. The predicted molar refractivity (Wildman–Crippen MR) is 110 cm³/mol. The van der Waals surface area contributed by atoms with Gasteiger partial charge in [-0.3, -0.25) is 14.2 Å². The van der Waals surface area contributed by atoms with Gasteiger partial charge in [0.1, 0.15) is 0 Å². The van der Waals surface area contributed by atoms with Gasteiger partial charge < -0.3 is 5.32 Å². The molecule has 1 fully saturated rings. The standard InChI is InChI=1S/C21H21ClF3N5O/c1-13-4-2-3-5-15(13)12-29-10-8-16(27-29)26-17(31)9-11-30-19(14-6-7-14)18(22)20(28-30)21(23,24)25/h2-5,8,10,14H,6-7,9,11-12H2,1H3,(H,26,27,31). The lowest BCUT2D eigenvalue weighted by molar-refractivity contribution is -0.141. The molecule has 0 saturated heterocycles. The first-order valence-electron chi connectivity index (χ1n) is 9.93. The zero-order chi connectivity index (χ0) is 22.2. The predicted octanol–water partition coefficient (Wildman–Crippen LogP) is 5.01. The number of benzene rings is 1. The van der Waals surface area contributed by atoms with Gasteiger partial charge in [0.05, 0.1) is 23.8 Å². The first kappa shape index (κ1) is 21.4. The second-order valence-electron chi connectivity index (χ2n) is 7.67. The van der Waals surface area contributed by atoms with Crippen molar-refractivity contribution in [2.24, 2.45) is 0 Å². The van der Waals surface area contributed by atoms with Crippen molar-refractivity contribution in [1.29, 1.82) is 0 Å². The monoisotopic (exact) mass is 451 g/mol. The number of halogens is 4. The van der Waals surface area contributed by atoms with Crippen LogP contribution in [0.1, 0.15) is 47.7 Å². The van der Waals surface area contributed by atoms with E-state index < -0.39 is 11.9 Å². The molecule has 0 spiro atoms. The fourth-order valence-corrected chi connectivity index (χ4v) is 3.84. The Hall–Kier alpha value is -2.81. The molecule has 6 nitrogen and oxygen atoms in total. The van der Waals surface area contributed by atoms with E-state index >= 15 is 0 Å². The maximum Gasteiger partial charge on any atom is 0.436 e. The van der Waals surface area contributed by atoms with Crippen molar-refractivity contribution in [2.75, 3.05) is 5.32 Å². The molecule has 0 aliphatic heterocycles. The molecule has 1 N–H and O–H groups in total. The SMILES string of the molecule is Cc1ccccc1Cn1ccc(NC(=O)CCn2nc(C(F)(F)F)c(Cl)c2C2CC2)n1. The van der Waals surface area contributed by atoms with Crippen LogP contribution < -0.4 is 5.32 Å². The largest absolute Gasteiger partial charge is 0.436 e. The molecule has 0 radical (unpaired) electrons. The number of carbonyl (C=O) groups excluding carboxylic acids is 1. The molecule has 2 aromatic heterocycles. The lowest BCUT2D eigenvalue weighted by Gasteiger charge is -2.07. The highest BCUT2D eigenvalue weighted by molar-refractivity contribution is 6.32. The fourth-order valence-electron chi connectivity index (χ4n) is 3.44. The van der Waals surface area contributed by atoms with Crippen LogP contribution in [0, 0.1) is 6.92 Å². The van der Waals surface area contributed by atoms with Crippen LogP contribution in [0.2, 0.25) is 5.02 Å². The van der Waals surface area contributed by atoms with Crippen molar-refractivity contribution >= 4 is 23.3 Å². The number of anilines is 1. The van der Waals surface area contributed by atoms with E-state index in [4.69, 9.17) is 11.6 Å². The second kappa shape index (κ2) is 8.37. The number of alkyl halides is 3. The van der Waals surface area contributed by atoms with Crippen LogP contribution in [0.15, 0.2) is 36.5 Å². The maximum absolute atomic E-state index is 13.1. The van der Waals surface area contributed by atoms with Crippen LogP contribution in [0.25, 0.3) is 0 Å². The van der Waals surface area contributed by atoms with Gasteiger partial charge in [-0.2, -0.15) is 23.4 Å². The molecule has 0 unspecified atom stereocenters. The Morgan fingerprint density at radius 1 is 1.23 bits per heavy atom. The van der Waals surface area contributed by atoms with E-state index in [0.29, 0.717) is 18.1 Å². The first-order valence-corrected chi connectivity index (χ1v) is 10.3. The molecular formula is C21H21ClF3N5O. The van der Waals surface area contributed by atoms with E-state index in [9.17, 15) is 18.0 Å². The highest BCUT2D eigenvalue weighted by Crippen LogP contribution is 2.46. The molecule has 2 heterocycles. The Kier molecular flexibility index (Phi) is 5.79.